The van der Waals surface area contributed by atoms with E-state index >= 15 is 0 Å². The molecule has 0 spiro atoms. The van der Waals surface area contributed by atoms with Crippen LogP contribution in [0.25, 0.3) is 0 Å². The van der Waals surface area contributed by atoms with Gasteiger partial charge in [0.1, 0.15) is 11.9 Å². The maximum atomic E-state index is 10.4. The predicted molar refractivity (Wildman–Crippen MR) is 110 cm³/mol. The van der Waals surface area contributed by atoms with E-state index in [4.69, 9.17) is 19.6 Å². The van der Waals surface area contributed by atoms with Gasteiger partial charge >= 0.3 is 0 Å². The Morgan fingerprint density at radius 3 is 2.23 bits per heavy atom. The SMILES string of the molecule is COc1ccc(C2C3(C)OC(=N)C2(C#N)C(C#N)(C#N)C(c2cccc(C)c2)O3)cc1. The molecule has 0 aromatic heterocycles. The molecule has 2 aromatic rings. The zero-order valence-electron chi connectivity index (χ0n) is 17.3. The second-order valence-electron chi connectivity index (χ2n) is 8.02. The average molecular weight is 412 g/mol. The molecule has 0 saturated carbocycles. The van der Waals surface area contributed by atoms with E-state index in [0.717, 1.165) is 5.56 Å². The molecule has 0 radical (unpaired) electrons. The molecule has 1 N–H and O–H groups in total. The van der Waals surface area contributed by atoms with Crippen LogP contribution in [0.4, 0.5) is 0 Å². The van der Waals surface area contributed by atoms with Gasteiger partial charge in [-0.05, 0) is 30.2 Å². The second-order valence-corrected chi connectivity index (χ2v) is 8.02. The van der Waals surface area contributed by atoms with E-state index in [0.29, 0.717) is 16.9 Å². The summed E-state index contributed by atoms with van der Waals surface area (Å²) in [7, 11) is 1.54. The van der Waals surface area contributed by atoms with Gasteiger partial charge in [0.05, 0.1) is 31.2 Å². The first-order valence-electron chi connectivity index (χ1n) is 9.72. The maximum absolute atomic E-state index is 10.4. The first-order valence-corrected chi connectivity index (χ1v) is 9.72. The lowest BCUT2D eigenvalue weighted by Crippen LogP contribution is -2.57. The fourth-order valence-corrected chi connectivity index (χ4v) is 4.92. The third-order valence-corrected chi connectivity index (χ3v) is 6.31. The molecule has 2 aliphatic rings. The number of benzene rings is 2. The Kier molecular flexibility index (Phi) is 4.51. The molecule has 2 fully saturated rings. The summed E-state index contributed by atoms with van der Waals surface area (Å²) < 4.78 is 17.4. The lowest BCUT2D eigenvalue weighted by atomic mass is 9.52. The fourth-order valence-electron chi connectivity index (χ4n) is 4.92. The quantitative estimate of drug-likeness (QED) is 0.809. The standard InChI is InChI=1S/C24H20N4O3/c1-15-5-4-6-17(11-15)20-23(12-25,13-26)24(14-27)19(22(2,30-20)31-21(24)28)16-7-9-18(29-3)10-8-16/h4-11,19-20,28H,1-3H3. The number of methoxy groups -OCH3 is 1. The average Bonchev–Trinajstić information content (AvgIpc) is 2.96. The zero-order valence-corrected chi connectivity index (χ0v) is 17.3. The summed E-state index contributed by atoms with van der Waals surface area (Å²) in [6.07, 6.45) is -1.08. The highest BCUT2D eigenvalue weighted by atomic mass is 16.7. The van der Waals surface area contributed by atoms with E-state index < -0.39 is 34.5 Å². The van der Waals surface area contributed by atoms with Gasteiger partial charge in [0.25, 0.3) is 0 Å². The van der Waals surface area contributed by atoms with Crippen LogP contribution in [0.2, 0.25) is 0 Å². The summed E-state index contributed by atoms with van der Waals surface area (Å²) in [4.78, 5) is 0. The van der Waals surface area contributed by atoms with Crippen LogP contribution in [0.3, 0.4) is 0 Å². The van der Waals surface area contributed by atoms with Crippen molar-refractivity contribution >= 4 is 5.90 Å². The number of nitriles is 3. The molecule has 0 aliphatic carbocycles. The van der Waals surface area contributed by atoms with Crippen LogP contribution in [0.5, 0.6) is 5.75 Å². The number of fused-ring (bicyclic) bond motifs is 2. The lowest BCUT2D eigenvalue weighted by molar-refractivity contribution is -0.253. The Bertz CT molecular complexity index is 1170. The topological polar surface area (TPSA) is 123 Å². The second kappa shape index (κ2) is 6.84. The lowest BCUT2D eigenvalue weighted by Gasteiger charge is -2.49. The van der Waals surface area contributed by atoms with Gasteiger partial charge in [0, 0.05) is 6.92 Å². The monoisotopic (exact) mass is 412 g/mol. The summed E-state index contributed by atoms with van der Waals surface area (Å²) in [5, 5.41) is 39.7. The molecule has 7 nitrogen and oxygen atoms in total. The molecule has 4 rings (SSSR count). The Balaban J connectivity index is 2.01. The third kappa shape index (κ3) is 2.49. The van der Waals surface area contributed by atoms with Crippen molar-refractivity contribution in [2.45, 2.75) is 31.7 Å². The Morgan fingerprint density at radius 1 is 1.00 bits per heavy atom. The molecule has 2 saturated heterocycles. The molecule has 2 aromatic carbocycles. The molecule has 4 atom stereocenters. The number of ether oxygens (including phenoxy) is 3. The Labute approximate surface area is 180 Å². The van der Waals surface area contributed by atoms with E-state index in [1.165, 1.54) is 0 Å². The van der Waals surface area contributed by atoms with Crippen molar-refractivity contribution in [3.63, 3.8) is 0 Å². The van der Waals surface area contributed by atoms with E-state index in [9.17, 15) is 15.8 Å². The van der Waals surface area contributed by atoms with Crippen molar-refractivity contribution in [1.29, 1.82) is 21.2 Å². The van der Waals surface area contributed by atoms with Gasteiger partial charge < -0.3 is 14.2 Å². The normalized spacial score (nSPS) is 30.4. The van der Waals surface area contributed by atoms with Crippen LogP contribution < -0.4 is 4.74 Å². The molecular formula is C24H20N4O3. The van der Waals surface area contributed by atoms with Gasteiger partial charge in [-0.25, -0.2) is 0 Å². The largest absolute Gasteiger partial charge is 0.497 e. The number of nitrogens with one attached hydrogen (secondary N) is 1. The van der Waals surface area contributed by atoms with Crippen LogP contribution in [0.1, 0.15) is 35.6 Å². The van der Waals surface area contributed by atoms with Crippen molar-refractivity contribution in [2.24, 2.45) is 10.8 Å². The van der Waals surface area contributed by atoms with Crippen molar-refractivity contribution in [2.75, 3.05) is 7.11 Å². The van der Waals surface area contributed by atoms with Gasteiger partial charge in [0.15, 0.2) is 5.41 Å². The molecular weight excluding hydrogens is 392 g/mol. The summed E-state index contributed by atoms with van der Waals surface area (Å²) in [6, 6.07) is 20.5. The third-order valence-electron chi connectivity index (χ3n) is 6.31. The molecule has 2 heterocycles. The highest BCUT2D eigenvalue weighted by Gasteiger charge is 2.79. The minimum atomic E-state index is -2.01. The summed E-state index contributed by atoms with van der Waals surface area (Å²) in [5.74, 6) is -2.11. The van der Waals surface area contributed by atoms with Gasteiger partial charge in [-0.2, -0.15) is 15.8 Å². The van der Waals surface area contributed by atoms with Crippen LogP contribution >= 0.6 is 0 Å². The van der Waals surface area contributed by atoms with E-state index in [1.807, 2.05) is 19.1 Å². The van der Waals surface area contributed by atoms with Gasteiger partial charge in [-0.1, -0.05) is 42.0 Å². The molecule has 154 valence electrons. The summed E-state index contributed by atoms with van der Waals surface area (Å²) >= 11 is 0. The highest BCUT2D eigenvalue weighted by Crippen LogP contribution is 2.69. The number of aryl methyl sites for hydroxylation is 1. The van der Waals surface area contributed by atoms with Crippen LogP contribution in [-0.4, -0.2) is 18.8 Å². The van der Waals surface area contributed by atoms with Gasteiger partial charge in [0.2, 0.25) is 17.1 Å². The number of rotatable bonds is 3. The van der Waals surface area contributed by atoms with E-state index in [-0.39, 0.29) is 0 Å². The van der Waals surface area contributed by atoms with Crippen LogP contribution in [-0.2, 0) is 9.47 Å². The van der Waals surface area contributed by atoms with Gasteiger partial charge in [-0.15, -0.1) is 0 Å². The smallest absolute Gasteiger partial charge is 0.218 e. The number of nitrogens with zero attached hydrogens (tertiary/aromatic N) is 3. The first kappa shape index (κ1) is 20.4. The van der Waals surface area contributed by atoms with Crippen molar-refractivity contribution in [3.05, 3.63) is 65.2 Å². The molecule has 31 heavy (non-hydrogen) atoms. The summed E-state index contributed by atoms with van der Waals surface area (Å²) in [5.41, 5.74) is -1.76. The van der Waals surface area contributed by atoms with Crippen molar-refractivity contribution < 1.29 is 14.2 Å². The van der Waals surface area contributed by atoms with Crippen molar-refractivity contribution in [1.82, 2.24) is 0 Å². The van der Waals surface area contributed by atoms with Crippen LogP contribution in [0, 0.1) is 57.2 Å². The van der Waals surface area contributed by atoms with E-state index in [2.05, 4.69) is 18.2 Å². The Morgan fingerprint density at radius 2 is 1.68 bits per heavy atom. The molecule has 2 bridgehead atoms. The zero-order chi connectivity index (χ0) is 22.4. The number of hydrogen-bond acceptors (Lipinski definition) is 7. The van der Waals surface area contributed by atoms with Gasteiger partial charge in [-0.3, -0.25) is 5.41 Å². The minimum Gasteiger partial charge on any atom is -0.497 e. The predicted octanol–water partition coefficient (Wildman–Crippen LogP) is 4.13. The molecule has 0 amide bonds. The van der Waals surface area contributed by atoms with Crippen molar-refractivity contribution in [3.8, 4) is 24.0 Å². The minimum absolute atomic E-state index is 0.434. The van der Waals surface area contributed by atoms with E-state index in [1.54, 1.807) is 50.4 Å². The molecule has 4 unspecified atom stereocenters. The summed E-state index contributed by atoms with van der Waals surface area (Å²) in [6.45, 7) is 3.54. The fraction of sp³-hybridized carbons (Fsp3) is 0.333. The number of hydrogen-bond donors (Lipinski definition) is 1. The molecule has 2 aliphatic heterocycles. The first-order chi connectivity index (χ1) is 14.8. The maximum Gasteiger partial charge on any atom is 0.218 e. The molecule has 7 heteroatoms. The van der Waals surface area contributed by atoms with Crippen LogP contribution in [0.15, 0.2) is 48.5 Å². The highest BCUT2D eigenvalue weighted by molar-refractivity contribution is 5.90. The Hall–Kier alpha value is -3.86.